The summed E-state index contributed by atoms with van der Waals surface area (Å²) >= 11 is 0. The van der Waals surface area contributed by atoms with E-state index in [0.29, 0.717) is 29.9 Å². The van der Waals surface area contributed by atoms with Gasteiger partial charge in [-0.05, 0) is 18.6 Å². The quantitative estimate of drug-likeness (QED) is 0.681. The molecule has 0 aliphatic carbocycles. The van der Waals surface area contributed by atoms with Gasteiger partial charge in [0.2, 0.25) is 5.95 Å². The van der Waals surface area contributed by atoms with Crippen LogP contribution in [0.3, 0.4) is 0 Å². The Balaban J connectivity index is 1.76. The Labute approximate surface area is 150 Å². The van der Waals surface area contributed by atoms with E-state index in [-0.39, 0.29) is 5.56 Å². The number of nitrogens with two attached hydrogens (primary N) is 1. The van der Waals surface area contributed by atoms with Gasteiger partial charge in [0.25, 0.3) is 5.56 Å². The molecule has 1 fully saturated rings. The van der Waals surface area contributed by atoms with Gasteiger partial charge >= 0.3 is 0 Å². The zero-order chi connectivity index (χ0) is 18.1. The Kier molecular flexibility index (Phi) is 4.29. The normalized spacial score (nSPS) is 14.9. The van der Waals surface area contributed by atoms with E-state index in [0.717, 1.165) is 37.7 Å². The van der Waals surface area contributed by atoms with Crippen molar-refractivity contribution in [3.63, 3.8) is 0 Å². The van der Waals surface area contributed by atoms with E-state index < -0.39 is 0 Å². The Morgan fingerprint density at radius 1 is 1.23 bits per heavy atom. The van der Waals surface area contributed by atoms with Crippen LogP contribution in [0.2, 0.25) is 0 Å². The molecular formula is C17H22N8O. The van der Waals surface area contributed by atoms with Crippen LogP contribution in [-0.4, -0.2) is 50.5 Å². The molecule has 1 aliphatic rings. The fourth-order valence-electron chi connectivity index (χ4n) is 3.29. The van der Waals surface area contributed by atoms with Crippen LogP contribution in [0.5, 0.6) is 0 Å². The molecule has 9 heteroatoms. The van der Waals surface area contributed by atoms with Crippen LogP contribution in [-0.2, 0) is 13.1 Å². The second-order valence-corrected chi connectivity index (χ2v) is 6.33. The number of anilines is 2. The molecule has 0 aromatic carbocycles. The summed E-state index contributed by atoms with van der Waals surface area (Å²) in [5.41, 5.74) is 7.58. The third-order valence-electron chi connectivity index (χ3n) is 4.63. The Bertz CT molecular complexity index is 969. The summed E-state index contributed by atoms with van der Waals surface area (Å²) in [4.78, 5) is 24.0. The van der Waals surface area contributed by atoms with Gasteiger partial charge in [-0.15, -0.1) is 0 Å². The van der Waals surface area contributed by atoms with Crippen LogP contribution in [0.1, 0.15) is 12.5 Å². The number of hydrogen-bond acceptors (Lipinski definition) is 7. The average Bonchev–Trinajstić information content (AvgIpc) is 3.06. The third kappa shape index (κ3) is 2.90. The zero-order valence-electron chi connectivity index (χ0n) is 14.7. The molecule has 136 valence electrons. The standard InChI is InChI=1S/C17H22N8O/c1-2-24-15-13(22-17(24)23-7-5-19-6-8-23)10-21-25(16(15)26)11-12-3-4-14(18)20-9-12/h3-4,9-10,19H,2,5-8,11H2,1H3,(H2,18,20). The van der Waals surface area contributed by atoms with Gasteiger partial charge < -0.3 is 20.5 Å². The van der Waals surface area contributed by atoms with Crippen molar-refractivity contribution in [2.24, 2.45) is 0 Å². The lowest BCUT2D eigenvalue weighted by Gasteiger charge is -2.28. The van der Waals surface area contributed by atoms with E-state index in [9.17, 15) is 4.79 Å². The molecule has 0 atom stereocenters. The Hall–Kier alpha value is -2.94. The Morgan fingerprint density at radius 3 is 2.73 bits per heavy atom. The first-order chi connectivity index (χ1) is 12.7. The van der Waals surface area contributed by atoms with Crippen molar-refractivity contribution in [3.8, 4) is 0 Å². The van der Waals surface area contributed by atoms with Crippen LogP contribution < -0.4 is 21.5 Å². The monoisotopic (exact) mass is 354 g/mol. The molecule has 4 rings (SSSR count). The maximum atomic E-state index is 13.0. The molecule has 0 saturated carbocycles. The SMILES string of the molecule is CCn1c(N2CCNCC2)nc2cnn(Cc3ccc(N)nc3)c(=O)c21. The van der Waals surface area contributed by atoms with Crippen LogP contribution in [0.25, 0.3) is 11.0 Å². The van der Waals surface area contributed by atoms with E-state index in [2.05, 4.69) is 25.3 Å². The molecule has 0 amide bonds. The van der Waals surface area contributed by atoms with Crippen molar-refractivity contribution in [2.75, 3.05) is 36.8 Å². The first kappa shape index (κ1) is 16.5. The maximum Gasteiger partial charge on any atom is 0.293 e. The molecule has 9 nitrogen and oxygen atoms in total. The van der Waals surface area contributed by atoms with Crippen LogP contribution in [0.4, 0.5) is 11.8 Å². The minimum absolute atomic E-state index is 0.143. The van der Waals surface area contributed by atoms with Gasteiger partial charge in [-0.1, -0.05) is 6.07 Å². The van der Waals surface area contributed by atoms with Gasteiger partial charge in [-0.3, -0.25) is 4.79 Å². The molecule has 4 heterocycles. The summed E-state index contributed by atoms with van der Waals surface area (Å²) in [6.45, 7) is 6.64. The topological polar surface area (TPSA) is 107 Å². The minimum atomic E-state index is -0.143. The van der Waals surface area contributed by atoms with Crippen molar-refractivity contribution in [1.82, 2.24) is 29.6 Å². The number of aromatic nitrogens is 5. The second kappa shape index (κ2) is 6.75. The van der Waals surface area contributed by atoms with Gasteiger partial charge in [0, 0.05) is 38.9 Å². The summed E-state index contributed by atoms with van der Waals surface area (Å²) in [5.74, 6) is 1.30. The van der Waals surface area contributed by atoms with E-state index in [1.807, 2.05) is 17.6 Å². The van der Waals surface area contributed by atoms with E-state index in [4.69, 9.17) is 5.73 Å². The number of nitrogens with zero attached hydrogens (tertiary/aromatic N) is 6. The van der Waals surface area contributed by atoms with Gasteiger partial charge in [0.05, 0.1) is 12.7 Å². The van der Waals surface area contributed by atoms with Crippen molar-refractivity contribution in [3.05, 3.63) is 40.4 Å². The van der Waals surface area contributed by atoms with Crippen LogP contribution >= 0.6 is 0 Å². The second-order valence-electron chi connectivity index (χ2n) is 6.33. The van der Waals surface area contributed by atoms with Crippen LogP contribution in [0, 0.1) is 0 Å². The first-order valence-corrected chi connectivity index (χ1v) is 8.80. The molecule has 0 radical (unpaired) electrons. The first-order valence-electron chi connectivity index (χ1n) is 8.80. The Morgan fingerprint density at radius 2 is 2.04 bits per heavy atom. The zero-order valence-corrected chi connectivity index (χ0v) is 14.7. The highest BCUT2D eigenvalue weighted by molar-refractivity contribution is 5.77. The molecule has 0 unspecified atom stereocenters. The smallest absolute Gasteiger partial charge is 0.293 e. The number of nitrogen functional groups attached to an aromatic ring is 1. The highest BCUT2D eigenvalue weighted by Gasteiger charge is 2.21. The fraction of sp³-hybridized carbons (Fsp3) is 0.412. The summed E-state index contributed by atoms with van der Waals surface area (Å²) in [6, 6.07) is 3.57. The summed E-state index contributed by atoms with van der Waals surface area (Å²) in [7, 11) is 0. The van der Waals surface area contributed by atoms with E-state index >= 15 is 0 Å². The van der Waals surface area contributed by atoms with Gasteiger partial charge in [-0.2, -0.15) is 5.10 Å². The molecule has 1 aliphatic heterocycles. The lowest BCUT2D eigenvalue weighted by Crippen LogP contribution is -2.44. The largest absolute Gasteiger partial charge is 0.384 e. The van der Waals surface area contributed by atoms with Gasteiger partial charge in [-0.25, -0.2) is 14.6 Å². The van der Waals surface area contributed by atoms with Crippen molar-refractivity contribution in [2.45, 2.75) is 20.0 Å². The fourth-order valence-corrected chi connectivity index (χ4v) is 3.29. The molecule has 3 aromatic heterocycles. The van der Waals surface area contributed by atoms with Crippen molar-refractivity contribution < 1.29 is 0 Å². The minimum Gasteiger partial charge on any atom is -0.384 e. The van der Waals surface area contributed by atoms with Gasteiger partial charge in [0.15, 0.2) is 0 Å². The number of hydrogen-bond donors (Lipinski definition) is 2. The highest BCUT2D eigenvalue weighted by atomic mass is 16.1. The predicted octanol–water partition coefficient (Wildman–Crippen LogP) is 0.0480. The average molecular weight is 354 g/mol. The van der Waals surface area contributed by atoms with E-state index in [1.54, 1.807) is 18.5 Å². The number of nitrogens with one attached hydrogen (secondary N) is 1. The molecule has 1 saturated heterocycles. The number of aryl methyl sites for hydroxylation is 1. The number of fused-ring (bicyclic) bond motifs is 1. The number of piperazine rings is 1. The molecule has 0 spiro atoms. The lowest BCUT2D eigenvalue weighted by atomic mass is 10.3. The van der Waals surface area contributed by atoms with Crippen molar-refractivity contribution in [1.29, 1.82) is 0 Å². The predicted molar refractivity (Wildman–Crippen MR) is 100 cm³/mol. The van der Waals surface area contributed by atoms with E-state index in [1.165, 1.54) is 4.68 Å². The number of rotatable bonds is 4. The lowest BCUT2D eigenvalue weighted by molar-refractivity contribution is 0.569. The third-order valence-corrected chi connectivity index (χ3v) is 4.63. The molecular weight excluding hydrogens is 332 g/mol. The van der Waals surface area contributed by atoms with Crippen LogP contribution in [0.15, 0.2) is 29.3 Å². The summed E-state index contributed by atoms with van der Waals surface area (Å²) in [6.07, 6.45) is 3.33. The summed E-state index contributed by atoms with van der Waals surface area (Å²) < 4.78 is 3.44. The number of imidazole rings is 1. The molecule has 26 heavy (non-hydrogen) atoms. The molecule has 0 bridgehead atoms. The summed E-state index contributed by atoms with van der Waals surface area (Å²) in [5, 5.41) is 7.63. The van der Waals surface area contributed by atoms with Gasteiger partial charge in [0.1, 0.15) is 16.9 Å². The molecule has 3 aromatic rings. The van der Waals surface area contributed by atoms with Crippen molar-refractivity contribution >= 4 is 22.8 Å². The number of pyridine rings is 1. The highest BCUT2D eigenvalue weighted by Crippen LogP contribution is 2.20. The molecule has 3 N–H and O–H groups in total. The maximum absolute atomic E-state index is 13.0.